The normalized spacial score (nSPS) is 9.54. The van der Waals surface area contributed by atoms with Crippen molar-refractivity contribution in [3.05, 3.63) is 30.3 Å². The second kappa shape index (κ2) is 3.18. The van der Waals surface area contributed by atoms with Gasteiger partial charge in [-0.3, -0.25) is 0 Å². The molecule has 4 heteroatoms. The standard InChI is InChI=1S/C9H8O4/c1-5(9(12)13)7-4-6(10)2-3-8(7)11/h2-4,10-11H,1H2,(H,12,13). The van der Waals surface area contributed by atoms with Gasteiger partial charge in [-0.1, -0.05) is 6.58 Å². The van der Waals surface area contributed by atoms with Crippen LogP contribution >= 0.6 is 0 Å². The number of aliphatic carboxylic acids is 1. The minimum Gasteiger partial charge on any atom is -0.508 e. The summed E-state index contributed by atoms with van der Waals surface area (Å²) in [5.74, 6) is -1.57. The third-order valence-electron chi connectivity index (χ3n) is 1.56. The molecule has 0 unspecified atom stereocenters. The highest BCUT2D eigenvalue weighted by Crippen LogP contribution is 2.27. The predicted molar refractivity (Wildman–Crippen MR) is 46.4 cm³/mol. The Morgan fingerprint density at radius 1 is 1.31 bits per heavy atom. The molecule has 0 atom stereocenters. The summed E-state index contributed by atoms with van der Waals surface area (Å²) in [6.07, 6.45) is 0. The van der Waals surface area contributed by atoms with Gasteiger partial charge in [0.1, 0.15) is 11.5 Å². The van der Waals surface area contributed by atoms with Gasteiger partial charge in [-0.05, 0) is 18.2 Å². The monoisotopic (exact) mass is 180 g/mol. The summed E-state index contributed by atoms with van der Waals surface area (Å²) in [6, 6.07) is 3.61. The summed E-state index contributed by atoms with van der Waals surface area (Å²) in [7, 11) is 0. The number of aromatic hydroxyl groups is 2. The van der Waals surface area contributed by atoms with Gasteiger partial charge in [0, 0.05) is 5.56 Å². The number of phenols is 2. The van der Waals surface area contributed by atoms with Gasteiger partial charge in [0.15, 0.2) is 0 Å². The highest BCUT2D eigenvalue weighted by atomic mass is 16.4. The number of hydrogen-bond acceptors (Lipinski definition) is 3. The van der Waals surface area contributed by atoms with Gasteiger partial charge in [0.05, 0.1) is 5.57 Å². The number of hydrogen-bond donors (Lipinski definition) is 3. The molecule has 13 heavy (non-hydrogen) atoms. The van der Waals surface area contributed by atoms with Crippen molar-refractivity contribution in [1.82, 2.24) is 0 Å². The van der Waals surface area contributed by atoms with Crippen LogP contribution < -0.4 is 0 Å². The minimum atomic E-state index is -1.24. The topological polar surface area (TPSA) is 77.8 Å². The Morgan fingerprint density at radius 3 is 2.46 bits per heavy atom. The van der Waals surface area contributed by atoms with Gasteiger partial charge in [-0.15, -0.1) is 0 Å². The van der Waals surface area contributed by atoms with Crippen LogP contribution in [0.2, 0.25) is 0 Å². The molecule has 0 saturated heterocycles. The average Bonchev–Trinajstić information content (AvgIpc) is 2.08. The Morgan fingerprint density at radius 2 is 1.92 bits per heavy atom. The highest BCUT2D eigenvalue weighted by molar-refractivity contribution is 6.15. The molecule has 0 aromatic heterocycles. The van der Waals surface area contributed by atoms with Crippen molar-refractivity contribution >= 4 is 11.5 Å². The van der Waals surface area contributed by atoms with Crippen molar-refractivity contribution in [2.45, 2.75) is 0 Å². The lowest BCUT2D eigenvalue weighted by Crippen LogP contribution is -1.97. The Hall–Kier alpha value is -1.97. The summed E-state index contributed by atoms with van der Waals surface area (Å²) in [5.41, 5.74) is -0.235. The largest absolute Gasteiger partial charge is 0.508 e. The van der Waals surface area contributed by atoms with Crippen LogP contribution in [-0.2, 0) is 4.79 Å². The molecule has 0 saturated carbocycles. The Labute approximate surface area is 74.4 Å². The number of carboxylic acid groups (broad SMARTS) is 1. The fourth-order valence-electron chi connectivity index (χ4n) is 0.881. The van der Waals surface area contributed by atoms with Crippen LogP contribution in [0, 0.1) is 0 Å². The highest BCUT2D eigenvalue weighted by Gasteiger charge is 2.12. The fraction of sp³-hybridized carbons (Fsp3) is 0. The van der Waals surface area contributed by atoms with Crippen LogP contribution in [0.15, 0.2) is 24.8 Å². The Balaban J connectivity index is 3.21. The van der Waals surface area contributed by atoms with E-state index in [1.165, 1.54) is 12.1 Å². The zero-order chi connectivity index (χ0) is 10.0. The van der Waals surface area contributed by atoms with E-state index in [4.69, 9.17) is 10.2 Å². The third-order valence-corrected chi connectivity index (χ3v) is 1.56. The van der Waals surface area contributed by atoms with Crippen LogP contribution in [0.5, 0.6) is 11.5 Å². The number of phenolic OH excluding ortho intramolecular Hbond substituents is 2. The van der Waals surface area contributed by atoms with Crippen LogP contribution in [-0.4, -0.2) is 21.3 Å². The summed E-state index contributed by atoms with van der Waals surface area (Å²) in [5, 5.41) is 26.8. The van der Waals surface area contributed by atoms with Crippen LogP contribution in [0.3, 0.4) is 0 Å². The Bertz CT molecular complexity index is 368. The van der Waals surface area contributed by atoms with Gasteiger partial charge in [0.25, 0.3) is 0 Å². The van der Waals surface area contributed by atoms with E-state index in [2.05, 4.69) is 6.58 Å². The number of carbonyl (C=O) groups is 1. The quantitative estimate of drug-likeness (QED) is 0.472. The maximum atomic E-state index is 10.5. The van der Waals surface area contributed by atoms with E-state index in [-0.39, 0.29) is 22.6 Å². The van der Waals surface area contributed by atoms with Crippen molar-refractivity contribution < 1.29 is 20.1 Å². The van der Waals surface area contributed by atoms with Crippen molar-refractivity contribution in [2.75, 3.05) is 0 Å². The lowest BCUT2D eigenvalue weighted by Gasteiger charge is -2.03. The first-order chi connectivity index (χ1) is 6.02. The van der Waals surface area contributed by atoms with Gasteiger partial charge >= 0.3 is 5.97 Å². The molecule has 0 heterocycles. The summed E-state index contributed by atoms with van der Waals surface area (Å²) in [6.45, 7) is 3.26. The molecule has 0 aliphatic carbocycles. The van der Waals surface area contributed by atoms with Crippen LogP contribution in [0.25, 0.3) is 5.57 Å². The predicted octanol–water partition coefficient (Wildman–Crippen LogP) is 1.20. The molecule has 0 spiro atoms. The van der Waals surface area contributed by atoms with E-state index in [9.17, 15) is 9.90 Å². The Kier molecular flexibility index (Phi) is 2.23. The second-order valence-corrected chi connectivity index (χ2v) is 2.49. The molecule has 1 aromatic rings. The number of benzene rings is 1. The first-order valence-electron chi connectivity index (χ1n) is 3.47. The minimum absolute atomic E-state index is 0.0208. The maximum Gasteiger partial charge on any atom is 0.335 e. The molecule has 68 valence electrons. The second-order valence-electron chi connectivity index (χ2n) is 2.49. The first kappa shape index (κ1) is 9.12. The van der Waals surface area contributed by atoms with E-state index in [0.29, 0.717) is 0 Å². The summed E-state index contributed by atoms with van der Waals surface area (Å²) >= 11 is 0. The molecule has 3 N–H and O–H groups in total. The van der Waals surface area contributed by atoms with E-state index in [1.807, 2.05) is 0 Å². The molecule has 0 amide bonds. The van der Waals surface area contributed by atoms with Crippen molar-refractivity contribution in [3.63, 3.8) is 0 Å². The molecule has 0 aliphatic heterocycles. The van der Waals surface area contributed by atoms with E-state index in [0.717, 1.165) is 6.07 Å². The lowest BCUT2D eigenvalue weighted by atomic mass is 10.1. The molecule has 1 aromatic carbocycles. The molecular formula is C9H8O4. The maximum absolute atomic E-state index is 10.5. The molecule has 0 aliphatic rings. The molecule has 0 fully saturated rings. The van der Waals surface area contributed by atoms with E-state index in [1.54, 1.807) is 0 Å². The molecular weight excluding hydrogens is 172 g/mol. The average molecular weight is 180 g/mol. The first-order valence-corrected chi connectivity index (χ1v) is 3.47. The third kappa shape index (κ3) is 1.79. The van der Waals surface area contributed by atoms with Gasteiger partial charge in [-0.25, -0.2) is 4.79 Å². The summed E-state index contributed by atoms with van der Waals surface area (Å²) in [4.78, 5) is 10.5. The smallest absolute Gasteiger partial charge is 0.335 e. The summed E-state index contributed by atoms with van der Waals surface area (Å²) < 4.78 is 0. The van der Waals surface area contributed by atoms with Crippen LogP contribution in [0.1, 0.15) is 5.56 Å². The molecule has 0 bridgehead atoms. The molecule has 1 rings (SSSR count). The molecule has 0 radical (unpaired) electrons. The number of rotatable bonds is 2. The van der Waals surface area contributed by atoms with Gasteiger partial charge in [0.2, 0.25) is 0 Å². The van der Waals surface area contributed by atoms with Crippen molar-refractivity contribution in [2.24, 2.45) is 0 Å². The van der Waals surface area contributed by atoms with Gasteiger partial charge in [-0.2, -0.15) is 0 Å². The molecule has 4 nitrogen and oxygen atoms in total. The fourth-order valence-corrected chi connectivity index (χ4v) is 0.881. The van der Waals surface area contributed by atoms with Crippen LogP contribution in [0.4, 0.5) is 0 Å². The number of carboxylic acids is 1. The zero-order valence-electron chi connectivity index (χ0n) is 6.69. The zero-order valence-corrected chi connectivity index (χ0v) is 6.69. The van der Waals surface area contributed by atoms with Crippen molar-refractivity contribution in [1.29, 1.82) is 0 Å². The van der Waals surface area contributed by atoms with Gasteiger partial charge < -0.3 is 15.3 Å². The van der Waals surface area contributed by atoms with E-state index < -0.39 is 5.97 Å². The SMILES string of the molecule is C=C(C(=O)O)c1cc(O)ccc1O. The lowest BCUT2D eigenvalue weighted by molar-refractivity contribution is -0.130. The van der Waals surface area contributed by atoms with E-state index >= 15 is 0 Å². The van der Waals surface area contributed by atoms with Crippen molar-refractivity contribution in [3.8, 4) is 11.5 Å².